The smallest absolute Gasteiger partial charge is 0.257 e. The van der Waals surface area contributed by atoms with Gasteiger partial charge in [0.05, 0.1) is 17.8 Å². The normalized spacial score (nSPS) is 20.8. The van der Waals surface area contributed by atoms with Gasteiger partial charge in [-0.2, -0.15) is 5.10 Å². The predicted molar refractivity (Wildman–Crippen MR) is 91.1 cm³/mol. The summed E-state index contributed by atoms with van der Waals surface area (Å²) < 4.78 is 4.26. The van der Waals surface area contributed by atoms with Gasteiger partial charge in [-0.1, -0.05) is 0 Å². The van der Waals surface area contributed by atoms with Gasteiger partial charge in [0, 0.05) is 43.1 Å². The number of likely N-dealkylation sites (tertiary alicyclic amines) is 1. The second-order valence-electron chi connectivity index (χ2n) is 7.06. The number of aromatic nitrogens is 4. The number of hydrogen-bond acceptors (Lipinski definition) is 3. The summed E-state index contributed by atoms with van der Waals surface area (Å²) in [6, 6.07) is 0.355. The molecule has 1 unspecified atom stereocenters. The van der Waals surface area contributed by atoms with Gasteiger partial charge in [0.15, 0.2) is 0 Å². The molecule has 2 fully saturated rings. The van der Waals surface area contributed by atoms with Crippen LogP contribution < -0.4 is 0 Å². The van der Waals surface area contributed by atoms with Gasteiger partial charge in [-0.3, -0.25) is 9.48 Å². The third kappa shape index (κ3) is 2.44. The van der Waals surface area contributed by atoms with E-state index in [1.54, 1.807) is 6.20 Å². The van der Waals surface area contributed by atoms with Crippen molar-refractivity contribution in [2.45, 2.75) is 58.5 Å². The van der Waals surface area contributed by atoms with Gasteiger partial charge >= 0.3 is 0 Å². The summed E-state index contributed by atoms with van der Waals surface area (Å²) >= 11 is 0. The molecule has 4 rings (SSSR count). The van der Waals surface area contributed by atoms with Crippen molar-refractivity contribution in [2.75, 3.05) is 13.1 Å². The molecule has 1 aliphatic heterocycles. The van der Waals surface area contributed by atoms with Crippen LogP contribution in [0.4, 0.5) is 0 Å². The van der Waals surface area contributed by atoms with Crippen molar-refractivity contribution in [3.05, 3.63) is 35.2 Å². The first-order chi connectivity index (χ1) is 11.6. The molecule has 1 amide bonds. The van der Waals surface area contributed by atoms with Crippen LogP contribution in [0.5, 0.6) is 0 Å². The Balaban J connectivity index is 1.53. The number of aryl methyl sites for hydroxylation is 2. The number of amides is 1. The number of rotatable bonds is 4. The zero-order valence-corrected chi connectivity index (χ0v) is 14.7. The van der Waals surface area contributed by atoms with Crippen molar-refractivity contribution in [1.82, 2.24) is 24.2 Å². The van der Waals surface area contributed by atoms with E-state index < -0.39 is 0 Å². The summed E-state index contributed by atoms with van der Waals surface area (Å²) in [6.45, 7) is 8.51. The molecule has 1 aliphatic carbocycles. The monoisotopic (exact) mass is 327 g/mol. The van der Waals surface area contributed by atoms with Crippen LogP contribution in [0.1, 0.15) is 65.7 Å². The summed E-state index contributed by atoms with van der Waals surface area (Å²) in [7, 11) is 0. The van der Waals surface area contributed by atoms with Crippen molar-refractivity contribution in [3.63, 3.8) is 0 Å². The third-order valence-electron chi connectivity index (χ3n) is 5.40. The molecule has 0 bridgehead atoms. The van der Waals surface area contributed by atoms with Gasteiger partial charge in [-0.05, 0) is 40.0 Å². The van der Waals surface area contributed by atoms with E-state index >= 15 is 0 Å². The molecule has 2 aromatic rings. The summed E-state index contributed by atoms with van der Waals surface area (Å²) in [5, 5.41) is 4.31. The molecule has 6 heteroatoms. The fourth-order valence-corrected chi connectivity index (χ4v) is 3.87. The lowest BCUT2D eigenvalue weighted by atomic mass is 10.2. The topological polar surface area (TPSA) is 56.0 Å². The van der Waals surface area contributed by atoms with E-state index in [1.165, 1.54) is 24.4 Å². The zero-order chi connectivity index (χ0) is 16.8. The van der Waals surface area contributed by atoms with Gasteiger partial charge < -0.3 is 9.47 Å². The maximum absolute atomic E-state index is 12.9. The van der Waals surface area contributed by atoms with Gasteiger partial charge in [0.1, 0.15) is 5.82 Å². The second kappa shape index (κ2) is 5.76. The van der Waals surface area contributed by atoms with Gasteiger partial charge in [-0.25, -0.2) is 4.98 Å². The van der Waals surface area contributed by atoms with Crippen molar-refractivity contribution in [3.8, 4) is 0 Å². The molecule has 2 aliphatic rings. The maximum atomic E-state index is 12.9. The summed E-state index contributed by atoms with van der Waals surface area (Å²) in [4.78, 5) is 19.5. The van der Waals surface area contributed by atoms with Crippen LogP contribution in [0, 0.1) is 13.8 Å². The Morgan fingerprint density at radius 3 is 2.71 bits per heavy atom. The Hall–Kier alpha value is -2.11. The van der Waals surface area contributed by atoms with Crippen LogP contribution in [0.15, 0.2) is 12.4 Å². The fraction of sp³-hybridized carbons (Fsp3) is 0.611. The minimum atomic E-state index is 0.112. The molecule has 0 spiro atoms. The molecule has 0 radical (unpaired) electrons. The first kappa shape index (κ1) is 15.4. The quantitative estimate of drug-likeness (QED) is 0.867. The lowest BCUT2D eigenvalue weighted by Gasteiger charge is -2.19. The molecule has 1 saturated carbocycles. The number of hydrogen-bond donors (Lipinski definition) is 0. The van der Waals surface area contributed by atoms with E-state index in [4.69, 9.17) is 0 Å². The SMILES string of the molecule is CCn1ncc(C(=O)N2CCC(n3c(C)cnc3C3CC3)C2)c1C. The Kier molecular flexibility index (Phi) is 3.70. The third-order valence-corrected chi connectivity index (χ3v) is 5.40. The number of imidazole rings is 1. The molecule has 0 N–H and O–H groups in total. The highest BCUT2D eigenvalue weighted by Gasteiger charge is 2.35. The van der Waals surface area contributed by atoms with Gasteiger partial charge in [0.2, 0.25) is 0 Å². The molecule has 1 saturated heterocycles. The van der Waals surface area contributed by atoms with Crippen molar-refractivity contribution in [1.29, 1.82) is 0 Å². The molecule has 2 aromatic heterocycles. The van der Waals surface area contributed by atoms with E-state index in [-0.39, 0.29) is 5.91 Å². The Morgan fingerprint density at radius 1 is 1.25 bits per heavy atom. The average Bonchev–Trinajstić information content (AvgIpc) is 3.01. The molecular weight excluding hydrogens is 302 g/mol. The van der Waals surface area contributed by atoms with E-state index in [0.717, 1.165) is 37.3 Å². The molecule has 1 atom stereocenters. The molecule has 0 aromatic carbocycles. The number of carbonyl (C=O) groups excluding carboxylic acids is 1. The van der Waals surface area contributed by atoms with Crippen LogP contribution in [0.25, 0.3) is 0 Å². The summed E-state index contributed by atoms with van der Waals surface area (Å²) in [5.41, 5.74) is 2.91. The molecule has 128 valence electrons. The lowest BCUT2D eigenvalue weighted by molar-refractivity contribution is 0.0786. The zero-order valence-electron chi connectivity index (χ0n) is 14.7. The standard InChI is InChI=1S/C18H25N5O/c1-4-22-13(3)16(10-20-22)18(24)21-8-7-15(11-21)23-12(2)9-19-17(23)14-5-6-14/h9-10,14-15H,4-8,11H2,1-3H3. The Morgan fingerprint density at radius 2 is 2.04 bits per heavy atom. The second-order valence-corrected chi connectivity index (χ2v) is 7.06. The minimum absolute atomic E-state index is 0.112. The average molecular weight is 327 g/mol. The number of carbonyl (C=O) groups is 1. The van der Waals surface area contributed by atoms with Gasteiger partial charge in [-0.15, -0.1) is 0 Å². The van der Waals surface area contributed by atoms with E-state index in [2.05, 4.69) is 21.6 Å². The Bertz CT molecular complexity index is 770. The predicted octanol–water partition coefficient (Wildman–Crippen LogP) is 2.68. The summed E-state index contributed by atoms with van der Waals surface area (Å²) in [6.07, 6.45) is 7.20. The van der Waals surface area contributed by atoms with Crippen molar-refractivity contribution >= 4 is 5.91 Å². The Labute approximate surface area is 142 Å². The van der Waals surface area contributed by atoms with Crippen LogP contribution in [0.2, 0.25) is 0 Å². The van der Waals surface area contributed by atoms with Crippen molar-refractivity contribution in [2.24, 2.45) is 0 Å². The maximum Gasteiger partial charge on any atom is 0.257 e. The largest absolute Gasteiger partial charge is 0.336 e. The lowest BCUT2D eigenvalue weighted by Crippen LogP contribution is -2.29. The highest BCUT2D eigenvalue weighted by atomic mass is 16.2. The van der Waals surface area contributed by atoms with E-state index in [9.17, 15) is 4.79 Å². The van der Waals surface area contributed by atoms with Crippen molar-refractivity contribution < 1.29 is 4.79 Å². The highest BCUT2D eigenvalue weighted by Crippen LogP contribution is 2.41. The van der Waals surface area contributed by atoms with Crippen LogP contribution in [-0.2, 0) is 6.54 Å². The molecule has 24 heavy (non-hydrogen) atoms. The van der Waals surface area contributed by atoms with E-state index in [1.807, 2.05) is 29.6 Å². The molecule has 3 heterocycles. The van der Waals surface area contributed by atoms with Gasteiger partial charge in [0.25, 0.3) is 5.91 Å². The fourth-order valence-electron chi connectivity index (χ4n) is 3.87. The summed E-state index contributed by atoms with van der Waals surface area (Å²) in [5.74, 6) is 1.97. The minimum Gasteiger partial charge on any atom is -0.336 e. The molecular formula is C18H25N5O. The van der Waals surface area contributed by atoms with Crippen LogP contribution in [0.3, 0.4) is 0 Å². The van der Waals surface area contributed by atoms with E-state index in [0.29, 0.717) is 12.0 Å². The number of nitrogens with zero attached hydrogens (tertiary/aromatic N) is 5. The first-order valence-electron chi connectivity index (χ1n) is 8.95. The molecule has 6 nitrogen and oxygen atoms in total. The first-order valence-corrected chi connectivity index (χ1v) is 8.95. The van der Waals surface area contributed by atoms with Crippen LogP contribution >= 0.6 is 0 Å². The highest BCUT2D eigenvalue weighted by molar-refractivity contribution is 5.95. The van der Waals surface area contributed by atoms with Crippen LogP contribution in [-0.4, -0.2) is 43.2 Å².